The minimum absolute atomic E-state index is 0.0468. The second-order valence-electron chi connectivity index (χ2n) is 7.04. The van der Waals surface area contributed by atoms with Crippen molar-refractivity contribution in [3.63, 3.8) is 0 Å². The maximum Gasteiger partial charge on any atom is 0.231 e. The predicted octanol–water partition coefficient (Wildman–Crippen LogP) is 3.64. The first kappa shape index (κ1) is 18.1. The topological polar surface area (TPSA) is 65.4 Å². The lowest BCUT2D eigenvalue weighted by molar-refractivity contribution is -0.121. The predicted molar refractivity (Wildman–Crippen MR) is 106 cm³/mol. The van der Waals surface area contributed by atoms with Crippen LogP contribution in [0.25, 0.3) is 5.69 Å². The molecule has 0 saturated heterocycles. The average molecular weight is 377 g/mol. The van der Waals surface area contributed by atoms with Crippen molar-refractivity contribution < 1.29 is 14.3 Å². The molecule has 1 aliphatic heterocycles. The molecule has 0 bridgehead atoms. The largest absolute Gasteiger partial charge is 0.454 e. The molecule has 0 fully saturated rings. The van der Waals surface area contributed by atoms with Gasteiger partial charge in [-0.1, -0.05) is 24.3 Å². The molecule has 6 nitrogen and oxygen atoms in total. The van der Waals surface area contributed by atoms with Crippen molar-refractivity contribution in [2.75, 3.05) is 6.79 Å². The monoisotopic (exact) mass is 377 g/mol. The Bertz CT molecular complexity index is 1030. The van der Waals surface area contributed by atoms with Crippen LogP contribution in [0.15, 0.2) is 48.7 Å². The molecule has 0 radical (unpaired) electrons. The highest BCUT2D eigenvalue weighted by atomic mass is 16.7. The van der Waals surface area contributed by atoms with Crippen LogP contribution in [0.5, 0.6) is 11.5 Å². The standard InChI is InChI=1S/C22H23N3O3/c1-14-6-4-5-7-19(14)25-16(3)18(12-23-25)15(2)24-22(26)11-17-8-9-20-21(10-17)28-13-27-20/h4-10,12,15H,11,13H2,1-3H3,(H,24,26)/t15-/m0/s1. The molecular weight excluding hydrogens is 354 g/mol. The Morgan fingerprint density at radius 1 is 1.18 bits per heavy atom. The Kier molecular flexibility index (Phi) is 4.77. The zero-order chi connectivity index (χ0) is 19.7. The summed E-state index contributed by atoms with van der Waals surface area (Å²) in [6.45, 7) is 6.29. The molecule has 0 unspecified atom stereocenters. The number of aryl methyl sites for hydroxylation is 1. The zero-order valence-corrected chi connectivity index (χ0v) is 16.2. The lowest BCUT2D eigenvalue weighted by atomic mass is 10.1. The van der Waals surface area contributed by atoms with E-state index in [2.05, 4.69) is 23.4 Å². The molecule has 2 aromatic carbocycles. The van der Waals surface area contributed by atoms with Crippen LogP contribution in [0.4, 0.5) is 0 Å². The Morgan fingerprint density at radius 2 is 1.96 bits per heavy atom. The molecule has 0 saturated carbocycles. The van der Waals surface area contributed by atoms with E-state index in [1.165, 1.54) is 0 Å². The van der Waals surface area contributed by atoms with E-state index in [9.17, 15) is 4.79 Å². The molecule has 1 atom stereocenters. The fourth-order valence-electron chi connectivity index (χ4n) is 3.50. The highest BCUT2D eigenvalue weighted by molar-refractivity contribution is 5.79. The molecular formula is C22H23N3O3. The molecule has 1 amide bonds. The van der Waals surface area contributed by atoms with Crippen molar-refractivity contribution in [2.45, 2.75) is 33.2 Å². The summed E-state index contributed by atoms with van der Waals surface area (Å²) in [6.07, 6.45) is 2.11. The van der Waals surface area contributed by atoms with Crippen molar-refractivity contribution in [1.29, 1.82) is 0 Å². The molecule has 1 aromatic heterocycles. The number of benzene rings is 2. The lowest BCUT2D eigenvalue weighted by Gasteiger charge is -2.15. The van der Waals surface area contributed by atoms with Crippen LogP contribution >= 0.6 is 0 Å². The molecule has 6 heteroatoms. The highest BCUT2D eigenvalue weighted by Gasteiger charge is 2.18. The van der Waals surface area contributed by atoms with Crippen LogP contribution in [-0.2, 0) is 11.2 Å². The summed E-state index contributed by atoms with van der Waals surface area (Å²) < 4.78 is 12.6. The van der Waals surface area contributed by atoms with Crippen LogP contribution in [-0.4, -0.2) is 22.5 Å². The van der Waals surface area contributed by atoms with E-state index >= 15 is 0 Å². The van der Waals surface area contributed by atoms with E-state index in [0.717, 1.165) is 33.8 Å². The minimum Gasteiger partial charge on any atom is -0.454 e. The number of ether oxygens (including phenoxy) is 2. The van der Waals surface area contributed by atoms with Crippen LogP contribution in [0.2, 0.25) is 0 Å². The van der Waals surface area contributed by atoms with Gasteiger partial charge in [0.2, 0.25) is 12.7 Å². The Balaban J connectivity index is 1.46. The first-order chi connectivity index (χ1) is 13.5. The van der Waals surface area contributed by atoms with Gasteiger partial charge in [0.05, 0.1) is 24.3 Å². The normalized spacial score (nSPS) is 13.4. The van der Waals surface area contributed by atoms with Gasteiger partial charge in [-0.2, -0.15) is 5.10 Å². The van der Waals surface area contributed by atoms with Crippen LogP contribution < -0.4 is 14.8 Å². The zero-order valence-electron chi connectivity index (χ0n) is 16.2. The summed E-state index contributed by atoms with van der Waals surface area (Å²) >= 11 is 0. The fourth-order valence-corrected chi connectivity index (χ4v) is 3.50. The quantitative estimate of drug-likeness (QED) is 0.737. The molecule has 1 N–H and O–H groups in total. The number of carbonyl (C=O) groups is 1. The number of rotatable bonds is 5. The maximum atomic E-state index is 12.5. The van der Waals surface area contributed by atoms with E-state index in [1.807, 2.05) is 61.1 Å². The van der Waals surface area contributed by atoms with Gasteiger partial charge in [-0.3, -0.25) is 4.79 Å². The first-order valence-corrected chi connectivity index (χ1v) is 9.31. The van der Waals surface area contributed by atoms with Crippen LogP contribution in [0.1, 0.15) is 35.3 Å². The van der Waals surface area contributed by atoms with Crippen molar-refractivity contribution in [3.05, 3.63) is 71.0 Å². The van der Waals surface area contributed by atoms with Crippen LogP contribution in [0.3, 0.4) is 0 Å². The summed E-state index contributed by atoms with van der Waals surface area (Å²) in [5.41, 5.74) is 5.11. The Morgan fingerprint density at radius 3 is 2.79 bits per heavy atom. The van der Waals surface area contributed by atoms with Gasteiger partial charge in [-0.15, -0.1) is 0 Å². The number of fused-ring (bicyclic) bond motifs is 1. The van der Waals surface area contributed by atoms with Gasteiger partial charge in [0.15, 0.2) is 11.5 Å². The summed E-state index contributed by atoms with van der Waals surface area (Å²) in [7, 11) is 0. The summed E-state index contributed by atoms with van der Waals surface area (Å²) in [5.74, 6) is 1.36. The Hall–Kier alpha value is -3.28. The Labute approximate surface area is 164 Å². The van der Waals surface area contributed by atoms with Gasteiger partial charge >= 0.3 is 0 Å². The highest BCUT2D eigenvalue weighted by Crippen LogP contribution is 2.32. The van der Waals surface area contributed by atoms with Gasteiger partial charge in [-0.25, -0.2) is 4.68 Å². The molecule has 1 aliphatic rings. The third kappa shape index (κ3) is 3.45. The summed E-state index contributed by atoms with van der Waals surface area (Å²) in [5, 5.41) is 7.60. The minimum atomic E-state index is -0.140. The molecule has 28 heavy (non-hydrogen) atoms. The number of para-hydroxylation sites is 1. The average Bonchev–Trinajstić information content (AvgIpc) is 3.28. The number of aromatic nitrogens is 2. The van der Waals surface area contributed by atoms with E-state index < -0.39 is 0 Å². The fraction of sp³-hybridized carbons (Fsp3) is 0.273. The molecule has 4 rings (SSSR count). The van der Waals surface area contributed by atoms with Gasteiger partial charge in [0.1, 0.15) is 0 Å². The van der Waals surface area contributed by atoms with Crippen LogP contribution in [0, 0.1) is 13.8 Å². The second-order valence-corrected chi connectivity index (χ2v) is 7.04. The summed E-state index contributed by atoms with van der Waals surface area (Å²) in [6, 6.07) is 13.6. The van der Waals surface area contributed by atoms with E-state index in [1.54, 1.807) is 0 Å². The number of amides is 1. The maximum absolute atomic E-state index is 12.5. The third-order valence-corrected chi connectivity index (χ3v) is 5.04. The SMILES string of the molecule is Cc1ccccc1-n1ncc([C@H](C)NC(=O)Cc2ccc3c(c2)OCO3)c1C. The van der Waals surface area contributed by atoms with Gasteiger partial charge in [0.25, 0.3) is 0 Å². The van der Waals surface area contributed by atoms with Gasteiger partial charge < -0.3 is 14.8 Å². The number of hydrogen-bond donors (Lipinski definition) is 1. The molecule has 3 aromatic rings. The van der Waals surface area contributed by atoms with E-state index in [4.69, 9.17) is 9.47 Å². The molecule has 0 aliphatic carbocycles. The van der Waals surface area contributed by atoms with E-state index in [-0.39, 0.29) is 25.2 Å². The number of carbonyl (C=O) groups excluding carboxylic acids is 1. The molecule has 144 valence electrons. The van der Waals surface area contributed by atoms with Crippen molar-refractivity contribution >= 4 is 5.91 Å². The number of nitrogens with one attached hydrogen (secondary N) is 1. The van der Waals surface area contributed by atoms with Gasteiger partial charge in [-0.05, 0) is 50.1 Å². The van der Waals surface area contributed by atoms with Crippen molar-refractivity contribution in [1.82, 2.24) is 15.1 Å². The summed E-state index contributed by atoms with van der Waals surface area (Å²) in [4.78, 5) is 12.5. The first-order valence-electron chi connectivity index (χ1n) is 9.31. The molecule has 0 spiro atoms. The lowest BCUT2D eigenvalue weighted by Crippen LogP contribution is -2.28. The van der Waals surface area contributed by atoms with Crippen molar-refractivity contribution in [2.24, 2.45) is 0 Å². The number of hydrogen-bond acceptors (Lipinski definition) is 4. The third-order valence-electron chi connectivity index (χ3n) is 5.04. The molecule has 2 heterocycles. The van der Waals surface area contributed by atoms with Crippen molar-refractivity contribution in [3.8, 4) is 17.2 Å². The smallest absolute Gasteiger partial charge is 0.231 e. The van der Waals surface area contributed by atoms with Gasteiger partial charge in [0, 0.05) is 11.3 Å². The number of nitrogens with zero attached hydrogens (tertiary/aromatic N) is 2. The second kappa shape index (κ2) is 7.38. The van der Waals surface area contributed by atoms with E-state index in [0.29, 0.717) is 5.75 Å².